The van der Waals surface area contributed by atoms with Gasteiger partial charge in [0.1, 0.15) is 10.6 Å². The first-order chi connectivity index (χ1) is 13.3. The van der Waals surface area contributed by atoms with E-state index >= 15 is 0 Å². The summed E-state index contributed by atoms with van der Waals surface area (Å²) in [5.41, 5.74) is 1.80. The first-order valence-electron chi connectivity index (χ1n) is 9.24. The SMILES string of the molecule is CC(C)(C)[S+]([O-])NC1c2c(F)cccc2CC12CCNCC2.O=C(O)C(F)(F)F. The smallest absolute Gasteiger partial charge is 0.490 e. The average Bonchev–Trinajstić information content (AvgIpc) is 2.88. The van der Waals surface area contributed by atoms with Crippen LogP contribution in [0.5, 0.6) is 0 Å². The Morgan fingerprint density at radius 1 is 1.28 bits per heavy atom. The highest BCUT2D eigenvalue weighted by molar-refractivity contribution is 7.90. The molecule has 0 amide bonds. The number of aliphatic carboxylic acids is 1. The Balaban J connectivity index is 0.000000370. The van der Waals surface area contributed by atoms with Crippen LogP contribution < -0.4 is 10.0 Å². The van der Waals surface area contributed by atoms with Crippen molar-refractivity contribution >= 4 is 17.3 Å². The molecule has 0 radical (unpaired) electrons. The van der Waals surface area contributed by atoms with Crippen molar-refractivity contribution in [2.75, 3.05) is 13.1 Å². The van der Waals surface area contributed by atoms with E-state index in [1.165, 1.54) is 6.07 Å². The number of carboxylic acids is 1. The molecule has 1 fully saturated rings. The highest BCUT2D eigenvalue weighted by Crippen LogP contribution is 2.52. The Morgan fingerprint density at radius 2 is 1.83 bits per heavy atom. The van der Waals surface area contributed by atoms with Crippen molar-refractivity contribution in [2.45, 2.75) is 57.0 Å². The number of benzene rings is 1. The molecule has 1 aromatic carbocycles. The predicted octanol–water partition coefficient (Wildman–Crippen LogP) is 3.48. The highest BCUT2D eigenvalue weighted by Gasteiger charge is 2.50. The van der Waals surface area contributed by atoms with Crippen LogP contribution in [0, 0.1) is 11.2 Å². The number of carbonyl (C=O) groups is 1. The first kappa shape index (κ1) is 23.9. The summed E-state index contributed by atoms with van der Waals surface area (Å²) in [7, 11) is 0. The molecule has 2 unspecified atom stereocenters. The number of nitrogens with one attached hydrogen (secondary N) is 2. The molecule has 2 atom stereocenters. The topological polar surface area (TPSA) is 84.4 Å². The summed E-state index contributed by atoms with van der Waals surface area (Å²) in [6, 6.07) is 5.16. The van der Waals surface area contributed by atoms with E-state index in [0.717, 1.165) is 43.5 Å². The Morgan fingerprint density at radius 3 is 2.31 bits per heavy atom. The third kappa shape index (κ3) is 5.62. The second-order valence-corrected chi connectivity index (χ2v) is 10.3. The van der Waals surface area contributed by atoms with Gasteiger partial charge in [-0.15, -0.1) is 4.72 Å². The van der Waals surface area contributed by atoms with Crippen LogP contribution in [-0.2, 0) is 22.6 Å². The van der Waals surface area contributed by atoms with E-state index in [2.05, 4.69) is 10.0 Å². The van der Waals surface area contributed by atoms with Gasteiger partial charge in [-0.1, -0.05) is 12.1 Å². The normalized spacial score (nSPS) is 21.9. The highest BCUT2D eigenvalue weighted by atomic mass is 32.2. The molecule has 0 aromatic heterocycles. The van der Waals surface area contributed by atoms with Gasteiger partial charge in [0.2, 0.25) is 0 Å². The number of alkyl halides is 3. The summed E-state index contributed by atoms with van der Waals surface area (Å²) >= 11 is -1.21. The van der Waals surface area contributed by atoms with Gasteiger partial charge in [-0.2, -0.15) is 13.2 Å². The van der Waals surface area contributed by atoms with Crippen LogP contribution in [0.3, 0.4) is 0 Å². The van der Waals surface area contributed by atoms with Gasteiger partial charge >= 0.3 is 12.1 Å². The standard InChI is InChI=1S/C17H25FN2OS.C2HF3O2/c1-16(2,3)22(21)20-15-14-12(5-4-6-13(14)18)11-17(15)7-9-19-10-8-17;3-2(4,5)1(6)7/h4-6,15,19-20H,7-11H2,1-3H3;(H,6,7). The maximum absolute atomic E-state index is 14.5. The second-order valence-electron chi connectivity index (χ2n) is 8.34. The fraction of sp³-hybridized carbons (Fsp3) is 0.632. The van der Waals surface area contributed by atoms with Crippen LogP contribution in [-0.4, -0.2) is 39.6 Å². The number of hydrogen-bond acceptors (Lipinski definition) is 4. The monoisotopic (exact) mass is 438 g/mol. The molecule has 1 aliphatic heterocycles. The lowest BCUT2D eigenvalue weighted by Crippen LogP contribution is -2.49. The molecule has 1 heterocycles. The first-order valence-corrected chi connectivity index (χ1v) is 10.4. The van der Waals surface area contributed by atoms with Crippen molar-refractivity contribution in [3.8, 4) is 0 Å². The van der Waals surface area contributed by atoms with Crippen molar-refractivity contribution in [2.24, 2.45) is 5.41 Å². The lowest BCUT2D eigenvalue weighted by Gasteiger charge is -2.40. The Bertz CT molecular complexity index is 731. The van der Waals surface area contributed by atoms with Crippen molar-refractivity contribution in [1.82, 2.24) is 10.0 Å². The molecule has 3 rings (SSSR count). The number of fused-ring (bicyclic) bond motifs is 1. The molecule has 2 aliphatic rings. The molecule has 10 heteroatoms. The molecular formula is C19H26F4N2O3S. The molecule has 3 N–H and O–H groups in total. The van der Waals surface area contributed by atoms with E-state index < -0.39 is 23.5 Å². The third-order valence-electron chi connectivity index (χ3n) is 5.21. The fourth-order valence-electron chi connectivity index (χ4n) is 3.70. The Labute approximate surface area is 170 Å². The van der Waals surface area contributed by atoms with Crippen molar-refractivity contribution in [3.63, 3.8) is 0 Å². The van der Waals surface area contributed by atoms with Gasteiger partial charge in [-0.05, 0) is 64.8 Å². The van der Waals surface area contributed by atoms with Gasteiger partial charge in [-0.3, -0.25) is 0 Å². The maximum Gasteiger partial charge on any atom is 0.490 e. The Hall–Kier alpha value is -1.36. The molecule has 1 aliphatic carbocycles. The van der Waals surface area contributed by atoms with Crippen LogP contribution in [0.4, 0.5) is 17.6 Å². The summed E-state index contributed by atoms with van der Waals surface area (Å²) in [6.45, 7) is 7.72. The fourth-order valence-corrected chi connectivity index (χ4v) is 4.64. The zero-order valence-electron chi connectivity index (χ0n) is 16.5. The van der Waals surface area contributed by atoms with Crippen LogP contribution in [0.2, 0.25) is 0 Å². The van der Waals surface area contributed by atoms with E-state index in [1.54, 1.807) is 6.07 Å². The van der Waals surface area contributed by atoms with E-state index in [0.29, 0.717) is 0 Å². The number of rotatable bonds is 2. The lowest BCUT2D eigenvalue weighted by molar-refractivity contribution is -0.192. The molecule has 164 valence electrons. The van der Waals surface area contributed by atoms with Gasteiger partial charge in [0.15, 0.2) is 0 Å². The molecule has 1 aromatic rings. The van der Waals surface area contributed by atoms with Crippen LogP contribution >= 0.6 is 0 Å². The number of piperidine rings is 1. The maximum atomic E-state index is 14.5. The molecule has 0 saturated carbocycles. The van der Waals surface area contributed by atoms with Gasteiger partial charge < -0.3 is 15.0 Å². The minimum absolute atomic E-state index is 0.0172. The minimum Gasteiger partial charge on any atom is -0.598 e. The number of carboxylic acid groups (broad SMARTS) is 1. The minimum atomic E-state index is -5.08. The predicted molar refractivity (Wildman–Crippen MR) is 102 cm³/mol. The quantitative estimate of drug-likeness (QED) is 0.486. The summed E-state index contributed by atoms with van der Waals surface area (Å²) < 4.78 is 61.8. The molecule has 5 nitrogen and oxygen atoms in total. The average molecular weight is 438 g/mol. The summed E-state index contributed by atoms with van der Waals surface area (Å²) in [5, 5.41) is 10.5. The zero-order valence-corrected chi connectivity index (χ0v) is 17.3. The molecule has 1 saturated heterocycles. The van der Waals surface area contributed by atoms with Crippen molar-refractivity contribution in [3.05, 3.63) is 35.1 Å². The van der Waals surface area contributed by atoms with Gasteiger partial charge in [0, 0.05) is 22.3 Å². The molecular weight excluding hydrogens is 412 g/mol. The van der Waals surface area contributed by atoms with E-state index in [4.69, 9.17) is 9.90 Å². The molecule has 0 bridgehead atoms. The van der Waals surface area contributed by atoms with Gasteiger partial charge in [-0.25, -0.2) is 9.18 Å². The lowest BCUT2D eigenvalue weighted by atomic mass is 9.73. The van der Waals surface area contributed by atoms with Crippen LogP contribution in [0.1, 0.15) is 50.8 Å². The van der Waals surface area contributed by atoms with Crippen molar-refractivity contribution in [1.29, 1.82) is 0 Å². The molecule has 29 heavy (non-hydrogen) atoms. The van der Waals surface area contributed by atoms with E-state index in [1.807, 2.05) is 26.8 Å². The second kappa shape index (κ2) is 8.79. The summed E-state index contributed by atoms with van der Waals surface area (Å²) in [4.78, 5) is 8.90. The van der Waals surface area contributed by atoms with E-state index in [-0.39, 0.29) is 22.0 Å². The van der Waals surface area contributed by atoms with Crippen LogP contribution in [0.15, 0.2) is 18.2 Å². The summed E-state index contributed by atoms with van der Waals surface area (Å²) in [6.07, 6.45) is -2.24. The number of hydrogen-bond donors (Lipinski definition) is 3. The summed E-state index contributed by atoms with van der Waals surface area (Å²) in [5.74, 6) is -2.93. The largest absolute Gasteiger partial charge is 0.598 e. The molecule has 1 spiro atoms. The number of halogens is 4. The van der Waals surface area contributed by atoms with Gasteiger partial charge in [0.25, 0.3) is 0 Å². The van der Waals surface area contributed by atoms with Crippen LogP contribution in [0.25, 0.3) is 0 Å². The van der Waals surface area contributed by atoms with E-state index in [9.17, 15) is 22.1 Å². The van der Waals surface area contributed by atoms with Crippen molar-refractivity contribution < 1.29 is 32.0 Å². The zero-order chi connectivity index (χ0) is 22.0. The Kier molecular flexibility index (Phi) is 7.25. The van der Waals surface area contributed by atoms with Gasteiger partial charge in [0.05, 0.1) is 6.04 Å². The third-order valence-corrected chi connectivity index (χ3v) is 6.77.